The van der Waals surface area contributed by atoms with Gasteiger partial charge >= 0.3 is 5.97 Å². The third-order valence-electron chi connectivity index (χ3n) is 5.48. The van der Waals surface area contributed by atoms with E-state index in [1.54, 1.807) is 42.6 Å². The van der Waals surface area contributed by atoms with Crippen molar-refractivity contribution < 1.29 is 18.7 Å². The van der Waals surface area contributed by atoms with Gasteiger partial charge in [0.1, 0.15) is 23.2 Å². The average molecular weight is 546 g/mol. The van der Waals surface area contributed by atoms with Crippen LogP contribution in [0.2, 0.25) is 5.02 Å². The van der Waals surface area contributed by atoms with Crippen LogP contribution >= 0.6 is 22.9 Å². The molecule has 1 N–H and O–H groups in total. The molecule has 1 amide bonds. The summed E-state index contributed by atoms with van der Waals surface area (Å²) in [6.07, 6.45) is 5.50. The molecule has 2 heterocycles. The Balaban J connectivity index is 1.38. The Kier molecular flexibility index (Phi) is 9.09. The number of anilines is 1. The molecule has 38 heavy (non-hydrogen) atoms. The van der Waals surface area contributed by atoms with Crippen molar-refractivity contribution in [2.24, 2.45) is 0 Å². The second-order valence-electron chi connectivity index (χ2n) is 8.33. The highest BCUT2D eigenvalue weighted by Crippen LogP contribution is 2.25. The van der Waals surface area contributed by atoms with Crippen LogP contribution in [0.5, 0.6) is 0 Å². The third-order valence-corrected chi connectivity index (χ3v) is 6.64. The Bertz CT molecular complexity index is 1480. The first-order chi connectivity index (χ1) is 18.4. The molecule has 2 aromatic heterocycles. The molecule has 9 heteroatoms. The summed E-state index contributed by atoms with van der Waals surface area (Å²) in [5.74, 6) is -0.0669. The smallest absolute Gasteiger partial charge is 0.338 e. The van der Waals surface area contributed by atoms with Gasteiger partial charge in [-0.3, -0.25) is 10.1 Å². The van der Waals surface area contributed by atoms with Crippen molar-refractivity contribution in [2.45, 2.75) is 26.2 Å². The van der Waals surface area contributed by atoms with E-state index in [0.29, 0.717) is 40.3 Å². The van der Waals surface area contributed by atoms with E-state index in [2.05, 4.69) is 10.3 Å². The number of aromatic nitrogens is 1. The topological polar surface area (TPSA) is 105 Å². The first-order valence-corrected chi connectivity index (χ1v) is 13.1. The Morgan fingerprint density at radius 3 is 2.61 bits per heavy atom. The van der Waals surface area contributed by atoms with Crippen LogP contribution in [0.3, 0.4) is 0 Å². The minimum absolute atomic E-state index is 0.120. The van der Waals surface area contributed by atoms with Crippen molar-refractivity contribution >= 4 is 46.0 Å². The summed E-state index contributed by atoms with van der Waals surface area (Å²) in [4.78, 5) is 30.0. The lowest BCUT2D eigenvalue weighted by Crippen LogP contribution is -2.13. The number of esters is 1. The molecule has 0 fully saturated rings. The van der Waals surface area contributed by atoms with Crippen molar-refractivity contribution in [3.63, 3.8) is 0 Å². The number of hydrogen-bond donors (Lipinski definition) is 1. The van der Waals surface area contributed by atoms with Gasteiger partial charge in [0.2, 0.25) is 0 Å². The summed E-state index contributed by atoms with van der Waals surface area (Å²) in [6.45, 7) is 2.43. The Labute approximate surface area is 229 Å². The fraction of sp³-hybridized carbons (Fsp3) is 0.172. The van der Waals surface area contributed by atoms with Gasteiger partial charge in [-0.15, -0.1) is 11.3 Å². The molecule has 192 valence electrons. The minimum atomic E-state index is -0.580. The molecule has 0 saturated carbocycles. The molecule has 2 aromatic carbocycles. The molecule has 0 radical (unpaired) electrons. The van der Waals surface area contributed by atoms with Gasteiger partial charge in [0.15, 0.2) is 5.13 Å². The van der Waals surface area contributed by atoms with Crippen molar-refractivity contribution in [3.05, 3.63) is 99.2 Å². The van der Waals surface area contributed by atoms with Crippen LogP contribution in [0, 0.1) is 11.3 Å². The Hall–Kier alpha value is -4.19. The number of hydrogen-bond acceptors (Lipinski definition) is 7. The molecule has 0 aliphatic rings. The maximum absolute atomic E-state index is 12.7. The van der Waals surface area contributed by atoms with Gasteiger partial charge in [0, 0.05) is 34.2 Å². The van der Waals surface area contributed by atoms with Gasteiger partial charge in [0.05, 0.1) is 12.2 Å². The molecule has 0 aliphatic carbocycles. The molecule has 0 saturated heterocycles. The SMILES string of the molecule is CCCCOC(=O)c1ccc(-c2ccc(C=C(C#N)C(=O)Nc3ncc(Cc4ccc(Cl)cc4)s3)o2)cc1. The lowest BCUT2D eigenvalue weighted by Gasteiger charge is -2.04. The van der Waals surface area contributed by atoms with E-state index in [0.717, 1.165) is 28.8 Å². The fourth-order valence-electron chi connectivity index (χ4n) is 3.45. The van der Waals surface area contributed by atoms with Crippen molar-refractivity contribution in [2.75, 3.05) is 11.9 Å². The normalized spacial score (nSPS) is 11.1. The van der Waals surface area contributed by atoms with E-state index in [1.807, 2.05) is 37.3 Å². The number of nitriles is 1. The summed E-state index contributed by atoms with van der Waals surface area (Å²) in [6, 6.07) is 19.7. The van der Waals surface area contributed by atoms with Crippen molar-refractivity contribution in [3.8, 4) is 17.4 Å². The van der Waals surface area contributed by atoms with Crippen LogP contribution in [0.4, 0.5) is 5.13 Å². The van der Waals surface area contributed by atoms with Gasteiger partial charge in [-0.1, -0.05) is 49.2 Å². The zero-order valence-corrected chi connectivity index (χ0v) is 22.1. The second-order valence-corrected chi connectivity index (χ2v) is 9.88. The number of ether oxygens (including phenoxy) is 1. The van der Waals surface area contributed by atoms with Crippen molar-refractivity contribution in [1.29, 1.82) is 5.26 Å². The molecule has 4 rings (SSSR count). The number of carbonyl (C=O) groups is 2. The molecule has 0 bridgehead atoms. The maximum Gasteiger partial charge on any atom is 0.338 e. The van der Waals surface area contributed by atoms with Gasteiger partial charge < -0.3 is 9.15 Å². The number of furan rings is 1. The molecule has 0 aliphatic heterocycles. The van der Waals surface area contributed by atoms with E-state index in [9.17, 15) is 14.9 Å². The number of rotatable bonds is 10. The second kappa shape index (κ2) is 12.9. The number of halogens is 1. The first kappa shape index (κ1) is 26.9. The van der Waals surface area contributed by atoms with Gasteiger partial charge in [-0.2, -0.15) is 5.26 Å². The molecule has 0 unspecified atom stereocenters. The molecule has 0 atom stereocenters. The molecule has 0 spiro atoms. The summed E-state index contributed by atoms with van der Waals surface area (Å²) in [7, 11) is 0. The summed E-state index contributed by atoms with van der Waals surface area (Å²) in [5.41, 5.74) is 2.15. The lowest BCUT2D eigenvalue weighted by molar-refractivity contribution is -0.112. The molecular formula is C29H24ClN3O4S. The van der Waals surface area contributed by atoms with Crippen LogP contribution in [0.25, 0.3) is 17.4 Å². The summed E-state index contributed by atoms with van der Waals surface area (Å²) < 4.78 is 11.0. The van der Waals surface area contributed by atoms with E-state index >= 15 is 0 Å². The maximum atomic E-state index is 12.7. The zero-order valence-electron chi connectivity index (χ0n) is 20.6. The van der Waals surface area contributed by atoms with Crippen LogP contribution in [-0.2, 0) is 16.0 Å². The number of benzene rings is 2. The number of carbonyl (C=O) groups excluding carboxylic acids is 2. The van der Waals surface area contributed by atoms with Gasteiger partial charge in [0.25, 0.3) is 5.91 Å². The van der Waals surface area contributed by atoms with Crippen molar-refractivity contribution in [1.82, 2.24) is 4.98 Å². The highest BCUT2D eigenvalue weighted by molar-refractivity contribution is 7.15. The molecule has 4 aromatic rings. The van der Waals surface area contributed by atoms with E-state index < -0.39 is 5.91 Å². The molecule has 7 nitrogen and oxygen atoms in total. The predicted octanol–water partition coefficient (Wildman–Crippen LogP) is 7.15. The minimum Gasteiger partial charge on any atom is -0.462 e. The van der Waals surface area contributed by atoms with Crippen LogP contribution < -0.4 is 5.32 Å². The fourth-order valence-corrected chi connectivity index (χ4v) is 4.42. The number of thiazole rings is 1. The van der Waals surface area contributed by atoms with Crippen LogP contribution in [0.15, 0.2) is 76.9 Å². The first-order valence-electron chi connectivity index (χ1n) is 11.9. The highest BCUT2D eigenvalue weighted by Gasteiger charge is 2.14. The van der Waals surface area contributed by atoms with E-state index in [4.69, 9.17) is 20.8 Å². The molecular weight excluding hydrogens is 522 g/mol. The number of nitrogens with zero attached hydrogens (tertiary/aromatic N) is 2. The zero-order chi connectivity index (χ0) is 26.9. The summed E-state index contributed by atoms with van der Waals surface area (Å²) >= 11 is 7.27. The largest absolute Gasteiger partial charge is 0.462 e. The number of amides is 1. The number of unbranched alkanes of at least 4 members (excludes halogenated alkanes) is 1. The van der Waals surface area contributed by atoms with E-state index in [-0.39, 0.29) is 11.5 Å². The predicted molar refractivity (Wildman–Crippen MR) is 148 cm³/mol. The lowest BCUT2D eigenvalue weighted by atomic mass is 10.1. The monoisotopic (exact) mass is 545 g/mol. The van der Waals surface area contributed by atoms with Crippen LogP contribution in [-0.4, -0.2) is 23.5 Å². The Morgan fingerprint density at radius 2 is 1.89 bits per heavy atom. The quantitative estimate of drug-likeness (QED) is 0.0981. The van der Waals surface area contributed by atoms with Gasteiger partial charge in [-0.05, 0) is 48.4 Å². The van der Waals surface area contributed by atoms with E-state index in [1.165, 1.54) is 17.4 Å². The standard InChI is InChI=1S/C29H24ClN3O4S/c1-2-3-14-36-28(35)21-8-6-20(7-9-21)26-13-12-24(37-26)16-22(17-31)27(34)33-29-32-18-25(38-29)15-19-4-10-23(30)11-5-19/h4-13,16,18H,2-3,14-15H2,1H3,(H,32,33,34). The van der Waals surface area contributed by atoms with Crippen LogP contribution in [0.1, 0.15) is 46.3 Å². The van der Waals surface area contributed by atoms with Gasteiger partial charge in [-0.25, -0.2) is 9.78 Å². The average Bonchev–Trinajstić information content (AvgIpc) is 3.58. The Morgan fingerprint density at radius 1 is 1.13 bits per heavy atom. The summed E-state index contributed by atoms with van der Waals surface area (Å²) in [5, 5.41) is 13.3. The third kappa shape index (κ3) is 7.19. The highest BCUT2D eigenvalue weighted by atomic mass is 35.5. The number of nitrogens with one attached hydrogen (secondary N) is 1.